The first-order chi connectivity index (χ1) is 10.7. The topological polar surface area (TPSA) is 43.0 Å². The number of nitrogens with zero attached hydrogens (tertiary/aromatic N) is 1. The van der Waals surface area contributed by atoms with Crippen molar-refractivity contribution in [3.63, 3.8) is 0 Å². The molecule has 0 saturated carbocycles. The van der Waals surface area contributed by atoms with Crippen LogP contribution in [0.25, 0.3) is 0 Å². The smallest absolute Gasteiger partial charge is 0.374 e. The lowest BCUT2D eigenvalue weighted by atomic mass is 10.3. The third-order valence-electron chi connectivity index (χ3n) is 3.68. The lowest BCUT2D eigenvalue weighted by Crippen LogP contribution is -2.46. The molecule has 0 saturated heterocycles. The zero-order valence-electron chi connectivity index (χ0n) is 15.5. The highest BCUT2D eigenvalue weighted by molar-refractivity contribution is 6.60. The van der Waals surface area contributed by atoms with Gasteiger partial charge in [0, 0.05) is 39.0 Å². The fraction of sp³-hybridized carbons (Fsp3) is 1.00. The van der Waals surface area contributed by atoms with Gasteiger partial charge in [0.15, 0.2) is 0 Å². The van der Waals surface area contributed by atoms with E-state index >= 15 is 0 Å². The summed E-state index contributed by atoms with van der Waals surface area (Å²) in [6.45, 7) is 17.9. The Morgan fingerprint density at radius 2 is 1.32 bits per heavy atom. The van der Waals surface area contributed by atoms with Crippen LogP contribution in [0.4, 0.5) is 0 Å². The van der Waals surface area contributed by atoms with E-state index in [0.717, 1.165) is 51.6 Å². The van der Waals surface area contributed by atoms with Gasteiger partial charge in [-0.2, -0.15) is 0 Å². The van der Waals surface area contributed by atoms with Crippen molar-refractivity contribution in [3.8, 4) is 0 Å². The highest BCUT2D eigenvalue weighted by Crippen LogP contribution is 2.19. The zero-order chi connectivity index (χ0) is 16.7. The van der Waals surface area contributed by atoms with Crippen LogP contribution in [-0.2, 0) is 13.3 Å². The van der Waals surface area contributed by atoms with E-state index in [-0.39, 0.29) is 0 Å². The molecule has 0 aromatic carbocycles. The van der Waals surface area contributed by atoms with Crippen molar-refractivity contribution in [2.75, 3.05) is 52.5 Å². The molecule has 1 N–H and O–H groups in total. The van der Waals surface area contributed by atoms with E-state index in [4.69, 9.17) is 13.3 Å². The van der Waals surface area contributed by atoms with Crippen molar-refractivity contribution in [1.29, 1.82) is 0 Å². The highest BCUT2D eigenvalue weighted by atomic mass is 28.4. The van der Waals surface area contributed by atoms with Gasteiger partial charge in [0.05, 0.1) is 0 Å². The third kappa shape index (κ3) is 9.92. The van der Waals surface area contributed by atoms with Crippen molar-refractivity contribution in [2.24, 2.45) is 0 Å². The number of unbranched alkanes of at least 4 members (excludes halogenated alkanes) is 1. The summed E-state index contributed by atoms with van der Waals surface area (Å²) in [6.07, 6.45) is 2.23. The molecule has 0 aliphatic heterocycles. The lowest BCUT2D eigenvalue weighted by molar-refractivity contribution is 0.0707. The van der Waals surface area contributed by atoms with Crippen LogP contribution in [0, 0.1) is 0 Å². The molecule has 0 aliphatic carbocycles. The molecule has 0 radical (unpaired) electrons. The SMILES string of the molecule is CCO[Si](CCCCNCCN(CC)CC)(OCC)OCC. The van der Waals surface area contributed by atoms with E-state index in [1.165, 1.54) is 0 Å². The molecule has 0 aliphatic rings. The average molecular weight is 335 g/mol. The van der Waals surface area contributed by atoms with Gasteiger partial charge in [-0.05, 0) is 53.2 Å². The Hall–Kier alpha value is 0.0169. The molecule has 0 spiro atoms. The zero-order valence-corrected chi connectivity index (χ0v) is 16.5. The fourth-order valence-electron chi connectivity index (χ4n) is 2.49. The van der Waals surface area contributed by atoms with Gasteiger partial charge in [-0.3, -0.25) is 0 Å². The largest absolute Gasteiger partial charge is 0.500 e. The standard InChI is InChI=1S/C16H38N2O3Si/c1-6-18(7-2)15-14-17-13-11-12-16-22(19-8-3,20-9-4)21-10-5/h17H,6-16H2,1-5H3. The Morgan fingerprint density at radius 3 is 1.77 bits per heavy atom. The van der Waals surface area contributed by atoms with Crippen LogP contribution in [0.1, 0.15) is 47.5 Å². The molecule has 0 bridgehead atoms. The van der Waals surface area contributed by atoms with Crippen LogP contribution in [0.3, 0.4) is 0 Å². The molecule has 0 aromatic rings. The molecule has 0 rings (SSSR count). The quantitative estimate of drug-likeness (QED) is 0.347. The van der Waals surface area contributed by atoms with E-state index in [0.29, 0.717) is 19.8 Å². The Balaban J connectivity index is 3.88. The molecular formula is C16H38N2O3Si. The van der Waals surface area contributed by atoms with Crippen molar-refractivity contribution >= 4 is 8.80 Å². The summed E-state index contributed by atoms with van der Waals surface area (Å²) in [6, 6.07) is 0.917. The second-order valence-corrected chi connectivity index (χ2v) is 7.95. The van der Waals surface area contributed by atoms with Crippen LogP contribution in [0.2, 0.25) is 6.04 Å². The number of hydrogen-bond acceptors (Lipinski definition) is 5. The summed E-state index contributed by atoms with van der Waals surface area (Å²) in [5.41, 5.74) is 0. The van der Waals surface area contributed by atoms with E-state index in [2.05, 4.69) is 24.1 Å². The van der Waals surface area contributed by atoms with Crippen LogP contribution in [0.5, 0.6) is 0 Å². The van der Waals surface area contributed by atoms with Gasteiger partial charge in [-0.1, -0.05) is 13.8 Å². The van der Waals surface area contributed by atoms with E-state index in [1.807, 2.05) is 20.8 Å². The van der Waals surface area contributed by atoms with Gasteiger partial charge in [0.25, 0.3) is 0 Å². The monoisotopic (exact) mass is 334 g/mol. The van der Waals surface area contributed by atoms with Gasteiger partial charge in [-0.15, -0.1) is 0 Å². The molecule has 0 unspecified atom stereocenters. The molecule has 6 heteroatoms. The molecule has 134 valence electrons. The summed E-state index contributed by atoms with van der Waals surface area (Å²) >= 11 is 0. The minimum absolute atomic E-state index is 0.661. The Bertz CT molecular complexity index is 224. The summed E-state index contributed by atoms with van der Waals surface area (Å²) in [7, 11) is -2.43. The predicted molar refractivity (Wildman–Crippen MR) is 95.3 cm³/mol. The molecule has 0 heterocycles. The number of rotatable bonds is 16. The van der Waals surface area contributed by atoms with E-state index in [1.54, 1.807) is 0 Å². The van der Waals surface area contributed by atoms with Gasteiger partial charge in [0.2, 0.25) is 0 Å². The highest BCUT2D eigenvalue weighted by Gasteiger charge is 2.39. The molecule has 0 amide bonds. The maximum absolute atomic E-state index is 5.87. The van der Waals surface area contributed by atoms with E-state index in [9.17, 15) is 0 Å². The van der Waals surface area contributed by atoms with Gasteiger partial charge < -0.3 is 23.5 Å². The minimum Gasteiger partial charge on any atom is -0.374 e. The summed E-state index contributed by atoms with van der Waals surface area (Å²) in [4.78, 5) is 2.43. The normalized spacial score (nSPS) is 12.3. The second kappa shape index (κ2) is 14.6. The molecule has 0 fully saturated rings. The maximum Gasteiger partial charge on any atom is 0.500 e. The van der Waals surface area contributed by atoms with Crippen LogP contribution in [0.15, 0.2) is 0 Å². The summed E-state index contributed by atoms with van der Waals surface area (Å²) < 4.78 is 17.6. The summed E-state index contributed by atoms with van der Waals surface area (Å²) in [5.74, 6) is 0. The maximum atomic E-state index is 5.87. The van der Waals surface area contributed by atoms with Gasteiger partial charge in [0.1, 0.15) is 0 Å². The van der Waals surface area contributed by atoms with Gasteiger partial charge >= 0.3 is 8.80 Å². The summed E-state index contributed by atoms with van der Waals surface area (Å²) in [5, 5.41) is 3.52. The molecule has 22 heavy (non-hydrogen) atoms. The predicted octanol–water partition coefficient (Wildman–Crippen LogP) is 2.75. The molecule has 0 atom stereocenters. The second-order valence-electron chi connectivity index (χ2n) is 5.22. The third-order valence-corrected chi connectivity index (χ3v) is 6.83. The lowest BCUT2D eigenvalue weighted by Gasteiger charge is -2.28. The first kappa shape index (κ1) is 22.0. The van der Waals surface area contributed by atoms with Crippen LogP contribution < -0.4 is 5.32 Å². The van der Waals surface area contributed by atoms with Crippen molar-refractivity contribution in [3.05, 3.63) is 0 Å². The number of hydrogen-bond donors (Lipinski definition) is 1. The number of likely N-dealkylation sites (N-methyl/N-ethyl adjacent to an activating group) is 1. The number of nitrogens with one attached hydrogen (secondary N) is 1. The van der Waals surface area contributed by atoms with Crippen LogP contribution in [-0.4, -0.2) is 66.2 Å². The van der Waals surface area contributed by atoms with Crippen LogP contribution >= 0.6 is 0 Å². The minimum atomic E-state index is -2.43. The first-order valence-electron chi connectivity index (χ1n) is 9.02. The van der Waals surface area contributed by atoms with Crippen molar-refractivity contribution in [1.82, 2.24) is 10.2 Å². The van der Waals surface area contributed by atoms with E-state index < -0.39 is 8.80 Å². The Labute approximate surface area is 139 Å². The molecular weight excluding hydrogens is 296 g/mol. The Kier molecular flexibility index (Phi) is 14.6. The molecule has 0 aromatic heterocycles. The fourth-order valence-corrected chi connectivity index (χ4v) is 5.18. The Morgan fingerprint density at radius 1 is 0.773 bits per heavy atom. The van der Waals surface area contributed by atoms with Crippen molar-refractivity contribution in [2.45, 2.75) is 53.5 Å². The van der Waals surface area contributed by atoms with Crippen molar-refractivity contribution < 1.29 is 13.3 Å². The molecule has 5 nitrogen and oxygen atoms in total. The van der Waals surface area contributed by atoms with Gasteiger partial charge in [-0.25, -0.2) is 0 Å². The first-order valence-corrected chi connectivity index (χ1v) is 11.0. The average Bonchev–Trinajstić information content (AvgIpc) is 2.51.